The first kappa shape index (κ1) is 27.6. The molecule has 1 aliphatic rings. The van der Waals surface area contributed by atoms with E-state index in [-0.39, 0.29) is 5.91 Å². The van der Waals surface area contributed by atoms with E-state index < -0.39 is 5.97 Å². The van der Waals surface area contributed by atoms with Crippen LogP contribution >= 0.6 is 0 Å². The number of nitrogens with one attached hydrogen (secondary N) is 1. The molecule has 0 radical (unpaired) electrons. The standard InChI is InChI=1S/C31H35N3O5/c1-22-9-8-10-27(33-19-6-5-7-20-33)30(22)34(32-24-13-15-25(37-2)16-14-24)29(35)18-12-23-11-17-26(31(36)39-4)28(21-23)38-3/h8-18,21,32H,5-7,19-20H2,1-4H3/b18-12+. The van der Waals surface area contributed by atoms with Crippen LogP contribution in [0.4, 0.5) is 17.1 Å². The molecule has 1 aliphatic heterocycles. The zero-order valence-corrected chi connectivity index (χ0v) is 22.9. The SMILES string of the molecule is COC(=O)c1ccc(/C=C/C(=O)N(Nc2ccc(OC)cc2)c2c(C)cccc2N2CCCCC2)cc1OC. The van der Waals surface area contributed by atoms with E-state index in [4.69, 9.17) is 14.2 Å². The van der Waals surface area contributed by atoms with Gasteiger partial charge in [-0.1, -0.05) is 18.2 Å². The van der Waals surface area contributed by atoms with Gasteiger partial charge in [0.15, 0.2) is 0 Å². The van der Waals surface area contributed by atoms with Crippen molar-refractivity contribution in [3.8, 4) is 11.5 Å². The van der Waals surface area contributed by atoms with Gasteiger partial charge in [-0.05, 0) is 85.9 Å². The van der Waals surface area contributed by atoms with Gasteiger partial charge >= 0.3 is 5.97 Å². The van der Waals surface area contributed by atoms with Crippen LogP contribution in [0.15, 0.2) is 66.7 Å². The molecular weight excluding hydrogens is 494 g/mol. The summed E-state index contributed by atoms with van der Waals surface area (Å²) >= 11 is 0. The Balaban J connectivity index is 1.71. The largest absolute Gasteiger partial charge is 0.497 e. The lowest BCUT2D eigenvalue weighted by atomic mass is 10.1. The fraction of sp³-hybridized carbons (Fsp3) is 0.290. The lowest BCUT2D eigenvalue weighted by Crippen LogP contribution is -2.38. The molecule has 0 bridgehead atoms. The van der Waals surface area contributed by atoms with Gasteiger partial charge in [-0.2, -0.15) is 0 Å². The maximum Gasteiger partial charge on any atom is 0.341 e. The Kier molecular flexibility index (Phi) is 9.10. The van der Waals surface area contributed by atoms with Crippen molar-refractivity contribution in [2.24, 2.45) is 0 Å². The number of piperidine rings is 1. The molecule has 0 atom stereocenters. The van der Waals surface area contributed by atoms with Crippen molar-refractivity contribution < 1.29 is 23.8 Å². The minimum Gasteiger partial charge on any atom is -0.497 e. The quantitative estimate of drug-likeness (QED) is 0.211. The minimum absolute atomic E-state index is 0.255. The fourth-order valence-corrected chi connectivity index (χ4v) is 4.67. The number of benzene rings is 3. The molecule has 0 saturated carbocycles. The normalized spacial score (nSPS) is 13.2. The number of carbonyl (C=O) groups excluding carboxylic acids is 2. The molecule has 1 amide bonds. The Morgan fingerprint density at radius 3 is 2.33 bits per heavy atom. The number of amides is 1. The van der Waals surface area contributed by atoms with Gasteiger partial charge in [0.05, 0.1) is 38.4 Å². The molecule has 1 N–H and O–H groups in total. The highest BCUT2D eigenvalue weighted by atomic mass is 16.5. The fourth-order valence-electron chi connectivity index (χ4n) is 4.67. The first-order valence-corrected chi connectivity index (χ1v) is 13.0. The van der Waals surface area contributed by atoms with Gasteiger partial charge in [0.2, 0.25) is 0 Å². The van der Waals surface area contributed by atoms with E-state index in [2.05, 4.69) is 16.4 Å². The van der Waals surface area contributed by atoms with Crippen LogP contribution in [0.2, 0.25) is 0 Å². The summed E-state index contributed by atoms with van der Waals surface area (Å²) in [6.07, 6.45) is 6.67. The third-order valence-corrected chi connectivity index (χ3v) is 6.74. The van der Waals surface area contributed by atoms with E-state index in [0.29, 0.717) is 16.9 Å². The summed E-state index contributed by atoms with van der Waals surface area (Å²) in [4.78, 5) is 28.2. The minimum atomic E-state index is -0.488. The second kappa shape index (κ2) is 12.9. The maximum absolute atomic E-state index is 13.8. The molecule has 0 unspecified atom stereocenters. The monoisotopic (exact) mass is 529 g/mol. The van der Waals surface area contributed by atoms with E-state index in [1.54, 1.807) is 36.4 Å². The third kappa shape index (κ3) is 6.52. The van der Waals surface area contributed by atoms with Crippen molar-refractivity contribution in [1.82, 2.24) is 0 Å². The highest BCUT2D eigenvalue weighted by Gasteiger charge is 2.24. The van der Waals surface area contributed by atoms with E-state index >= 15 is 0 Å². The molecular formula is C31H35N3O5. The first-order chi connectivity index (χ1) is 18.9. The lowest BCUT2D eigenvalue weighted by molar-refractivity contribution is -0.113. The summed E-state index contributed by atoms with van der Waals surface area (Å²) in [5.41, 5.74) is 7.89. The van der Waals surface area contributed by atoms with Crippen molar-refractivity contribution in [3.63, 3.8) is 0 Å². The number of hydrogen-bond acceptors (Lipinski definition) is 7. The Morgan fingerprint density at radius 2 is 1.67 bits per heavy atom. The zero-order chi connectivity index (χ0) is 27.8. The van der Waals surface area contributed by atoms with Gasteiger partial charge in [-0.25, -0.2) is 9.80 Å². The second-order valence-corrected chi connectivity index (χ2v) is 9.29. The van der Waals surface area contributed by atoms with E-state index in [1.807, 2.05) is 43.3 Å². The summed E-state index contributed by atoms with van der Waals surface area (Å²) < 4.78 is 15.5. The number of aryl methyl sites for hydroxylation is 1. The Morgan fingerprint density at radius 1 is 0.923 bits per heavy atom. The molecule has 1 heterocycles. The van der Waals surface area contributed by atoms with Crippen molar-refractivity contribution in [1.29, 1.82) is 0 Å². The Hall–Kier alpha value is -4.46. The van der Waals surface area contributed by atoms with Crippen molar-refractivity contribution >= 4 is 35.0 Å². The van der Waals surface area contributed by atoms with Crippen molar-refractivity contribution in [3.05, 3.63) is 83.4 Å². The van der Waals surface area contributed by atoms with Crippen molar-refractivity contribution in [2.45, 2.75) is 26.2 Å². The first-order valence-electron chi connectivity index (χ1n) is 13.0. The number of carbonyl (C=O) groups is 2. The smallest absolute Gasteiger partial charge is 0.341 e. The number of rotatable bonds is 9. The van der Waals surface area contributed by atoms with Gasteiger partial charge in [0.25, 0.3) is 5.91 Å². The molecule has 8 nitrogen and oxygen atoms in total. The summed E-state index contributed by atoms with van der Waals surface area (Å²) in [6.45, 7) is 3.91. The summed E-state index contributed by atoms with van der Waals surface area (Å²) in [5.74, 6) is 0.357. The van der Waals surface area contributed by atoms with Crippen LogP contribution in [0.3, 0.4) is 0 Å². The Bertz CT molecular complexity index is 1330. The summed E-state index contributed by atoms with van der Waals surface area (Å²) in [6, 6.07) is 18.6. The molecule has 1 saturated heterocycles. The van der Waals surface area contributed by atoms with Gasteiger partial charge in [-0.15, -0.1) is 0 Å². The predicted molar refractivity (Wildman–Crippen MR) is 155 cm³/mol. The predicted octanol–water partition coefficient (Wildman–Crippen LogP) is 5.86. The number of hydrogen-bond donors (Lipinski definition) is 1. The van der Waals surface area contributed by atoms with Gasteiger partial charge in [-0.3, -0.25) is 10.2 Å². The topological polar surface area (TPSA) is 80.3 Å². The number of hydrazine groups is 1. The average Bonchev–Trinajstić information content (AvgIpc) is 2.99. The van der Waals surface area contributed by atoms with Gasteiger partial charge in [0, 0.05) is 19.2 Å². The van der Waals surface area contributed by atoms with Gasteiger partial charge in [0.1, 0.15) is 17.1 Å². The lowest BCUT2D eigenvalue weighted by Gasteiger charge is -2.34. The highest BCUT2D eigenvalue weighted by molar-refractivity contribution is 6.07. The highest BCUT2D eigenvalue weighted by Crippen LogP contribution is 2.35. The molecule has 3 aromatic rings. The van der Waals surface area contributed by atoms with E-state index in [1.165, 1.54) is 26.7 Å². The average molecular weight is 530 g/mol. The molecule has 0 aromatic heterocycles. The van der Waals surface area contributed by atoms with E-state index in [9.17, 15) is 9.59 Å². The number of methoxy groups -OCH3 is 3. The maximum atomic E-state index is 13.8. The molecule has 1 fully saturated rings. The molecule has 0 aliphatic carbocycles. The zero-order valence-electron chi connectivity index (χ0n) is 22.9. The second-order valence-electron chi connectivity index (χ2n) is 9.29. The number of nitrogens with zero attached hydrogens (tertiary/aromatic N) is 2. The summed E-state index contributed by atoms with van der Waals surface area (Å²) in [7, 11) is 4.43. The van der Waals surface area contributed by atoms with Crippen molar-refractivity contribution in [2.75, 3.05) is 49.8 Å². The molecule has 204 valence electrons. The Labute approximate surface area is 229 Å². The molecule has 4 rings (SSSR count). The summed E-state index contributed by atoms with van der Waals surface area (Å²) in [5, 5.41) is 1.59. The molecule has 3 aromatic carbocycles. The van der Waals surface area contributed by atoms with Crippen LogP contribution in [-0.2, 0) is 9.53 Å². The molecule has 39 heavy (non-hydrogen) atoms. The van der Waals surface area contributed by atoms with Crippen LogP contribution in [0, 0.1) is 6.92 Å². The number of esters is 1. The van der Waals surface area contributed by atoms with Crippen LogP contribution in [0.25, 0.3) is 6.08 Å². The van der Waals surface area contributed by atoms with Crippen LogP contribution in [0.5, 0.6) is 11.5 Å². The van der Waals surface area contributed by atoms with Crippen LogP contribution < -0.4 is 24.8 Å². The molecule has 8 heteroatoms. The van der Waals surface area contributed by atoms with Crippen LogP contribution in [0.1, 0.15) is 40.7 Å². The van der Waals surface area contributed by atoms with Crippen LogP contribution in [-0.4, -0.2) is 46.3 Å². The van der Waals surface area contributed by atoms with Gasteiger partial charge < -0.3 is 19.1 Å². The number of para-hydroxylation sites is 1. The number of ether oxygens (including phenoxy) is 3. The molecule has 0 spiro atoms. The van der Waals surface area contributed by atoms with E-state index in [0.717, 1.165) is 54.3 Å². The third-order valence-electron chi connectivity index (χ3n) is 6.74. The number of anilines is 3.